The number of ether oxygens (including phenoxy) is 1. The lowest BCUT2D eigenvalue weighted by Crippen LogP contribution is -2.46. The van der Waals surface area contributed by atoms with Crippen LogP contribution in [0, 0.1) is 0 Å². The summed E-state index contributed by atoms with van der Waals surface area (Å²) < 4.78 is 5.29. The predicted molar refractivity (Wildman–Crippen MR) is 78.1 cm³/mol. The molecule has 0 spiro atoms. The van der Waals surface area contributed by atoms with Gasteiger partial charge in [-0.1, -0.05) is 6.92 Å². The van der Waals surface area contributed by atoms with Crippen molar-refractivity contribution in [1.82, 2.24) is 15.0 Å². The van der Waals surface area contributed by atoms with Gasteiger partial charge in [0.1, 0.15) is 0 Å². The molecule has 0 aliphatic carbocycles. The Bertz CT molecular complexity index is 454. The quantitative estimate of drug-likeness (QED) is 0.513. The normalized spacial score (nSPS) is 16.0. The fraction of sp³-hybridized carbons (Fsp3) is 0.750. The Morgan fingerprint density at radius 2 is 1.90 bits per heavy atom. The van der Waals surface area contributed by atoms with Crippen LogP contribution in [0.1, 0.15) is 13.3 Å². The van der Waals surface area contributed by atoms with Crippen molar-refractivity contribution in [2.45, 2.75) is 18.9 Å². The van der Waals surface area contributed by atoms with Crippen molar-refractivity contribution < 1.29 is 14.9 Å². The van der Waals surface area contributed by atoms with Crippen molar-refractivity contribution in [3.05, 3.63) is 0 Å². The van der Waals surface area contributed by atoms with Gasteiger partial charge < -0.3 is 30.9 Å². The van der Waals surface area contributed by atoms with E-state index in [4.69, 9.17) is 10.5 Å². The van der Waals surface area contributed by atoms with Crippen molar-refractivity contribution in [2.24, 2.45) is 0 Å². The molecule has 0 amide bonds. The minimum atomic E-state index is -0.879. The number of morpholine rings is 1. The molecule has 1 saturated heterocycles. The third-order valence-electron chi connectivity index (χ3n) is 3.59. The molecule has 1 aliphatic rings. The first-order valence-electron chi connectivity index (χ1n) is 6.96. The zero-order valence-electron chi connectivity index (χ0n) is 12.1. The number of hydrogen-bond acceptors (Lipinski definition) is 9. The maximum absolute atomic E-state index is 9.47. The molecule has 21 heavy (non-hydrogen) atoms. The summed E-state index contributed by atoms with van der Waals surface area (Å²) in [5.41, 5.74) is 4.85. The van der Waals surface area contributed by atoms with Gasteiger partial charge in [-0.2, -0.15) is 15.0 Å². The van der Waals surface area contributed by atoms with Crippen LogP contribution >= 0.6 is 0 Å². The Labute approximate surface area is 123 Å². The first-order chi connectivity index (χ1) is 10.1. The standard InChI is InChI=1S/C12H22N6O3/c1-2-12(7-19,8-20)17-10-14-9(13)15-11(16-10)18-3-5-21-6-4-18/h19-20H,2-8H2,1H3,(H3,13,14,15,16,17). The summed E-state index contributed by atoms with van der Waals surface area (Å²) in [6.45, 7) is 3.97. The number of nitrogens with two attached hydrogens (primary N) is 1. The highest BCUT2D eigenvalue weighted by atomic mass is 16.5. The zero-order chi connectivity index (χ0) is 15.3. The van der Waals surface area contributed by atoms with Gasteiger partial charge in [0.05, 0.1) is 32.0 Å². The average Bonchev–Trinajstić information content (AvgIpc) is 2.53. The number of aliphatic hydroxyl groups is 2. The second-order valence-electron chi connectivity index (χ2n) is 4.99. The number of nitrogens with zero attached hydrogens (tertiary/aromatic N) is 4. The highest BCUT2D eigenvalue weighted by Crippen LogP contribution is 2.18. The van der Waals surface area contributed by atoms with Gasteiger partial charge in [0, 0.05) is 13.1 Å². The van der Waals surface area contributed by atoms with Crippen molar-refractivity contribution in [3.8, 4) is 0 Å². The van der Waals surface area contributed by atoms with Gasteiger partial charge in [0.25, 0.3) is 0 Å². The van der Waals surface area contributed by atoms with E-state index in [9.17, 15) is 10.2 Å². The van der Waals surface area contributed by atoms with E-state index in [1.54, 1.807) is 0 Å². The fourth-order valence-corrected chi connectivity index (χ4v) is 2.02. The Kier molecular flexibility index (Phi) is 5.10. The molecule has 0 unspecified atom stereocenters. The van der Waals surface area contributed by atoms with E-state index in [-0.39, 0.29) is 25.1 Å². The van der Waals surface area contributed by atoms with Crippen LogP contribution in [0.15, 0.2) is 0 Å². The molecule has 2 heterocycles. The first kappa shape index (κ1) is 15.7. The smallest absolute Gasteiger partial charge is 0.232 e. The third-order valence-corrected chi connectivity index (χ3v) is 3.59. The average molecular weight is 298 g/mol. The number of hydrogen-bond donors (Lipinski definition) is 4. The zero-order valence-corrected chi connectivity index (χ0v) is 12.1. The molecule has 2 rings (SSSR count). The highest BCUT2D eigenvalue weighted by molar-refractivity contribution is 5.43. The van der Waals surface area contributed by atoms with Gasteiger partial charge in [-0.05, 0) is 6.42 Å². The van der Waals surface area contributed by atoms with Crippen LogP contribution in [0.3, 0.4) is 0 Å². The second kappa shape index (κ2) is 6.83. The molecular formula is C12H22N6O3. The lowest BCUT2D eigenvalue weighted by molar-refractivity contribution is 0.122. The summed E-state index contributed by atoms with van der Waals surface area (Å²) in [5, 5.41) is 21.9. The SMILES string of the molecule is CCC(CO)(CO)Nc1nc(N)nc(N2CCOCC2)n1. The minimum Gasteiger partial charge on any atom is -0.394 e. The summed E-state index contributed by atoms with van der Waals surface area (Å²) in [6, 6.07) is 0. The Morgan fingerprint density at radius 3 is 2.48 bits per heavy atom. The molecule has 1 aliphatic heterocycles. The Morgan fingerprint density at radius 1 is 1.24 bits per heavy atom. The lowest BCUT2D eigenvalue weighted by Gasteiger charge is -2.31. The van der Waals surface area contributed by atoms with Gasteiger partial charge in [-0.3, -0.25) is 0 Å². The van der Waals surface area contributed by atoms with Gasteiger partial charge >= 0.3 is 0 Å². The fourth-order valence-electron chi connectivity index (χ4n) is 2.02. The van der Waals surface area contributed by atoms with Crippen LogP contribution in [-0.2, 0) is 4.74 Å². The molecule has 0 bridgehead atoms. The molecule has 0 aromatic carbocycles. The molecule has 0 saturated carbocycles. The molecule has 1 aromatic heterocycles. The van der Waals surface area contributed by atoms with Crippen molar-refractivity contribution in [1.29, 1.82) is 0 Å². The lowest BCUT2D eigenvalue weighted by atomic mass is 9.99. The number of nitrogens with one attached hydrogen (secondary N) is 1. The minimum absolute atomic E-state index is 0.0925. The van der Waals surface area contributed by atoms with Gasteiger partial charge in [-0.15, -0.1) is 0 Å². The van der Waals surface area contributed by atoms with Crippen molar-refractivity contribution >= 4 is 17.8 Å². The van der Waals surface area contributed by atoms with Crippen LogP contribution < -0.4 is 16.0 Å². The summed E-state index contributed by atoms with van der Waals surface area (Å²) in [6.07, 6.45) is 0.512. The molecule has 5 N–H and O–H groups in total. The molecular weight excluding hydrogens is 276 g/mol. The third kappa shape index (κ3) is 3.69. The first-order valence-corrected chi connectivity index (χ1v) is 6.96. The number of nitrogen functional groups attached to an aromatic ring is 1. The number of aliphatic hydroxyl groups excluding tert-OH is 2. The Balaban J connectivity index is 2.21. The van der Waals surface area contributed by atoms with Gasteiger partial charge in [0.2, 0.25) is 17.8 Å². The molecule has 9 nitrogen and oxygen atoms in total. The monoisotopic (exact) mass is 298 g/mol. The van der Waals surface area contributed by atoms with Crippen LogP contribution in [0.25, 0.3) is 0 Å². The van der Waals surface area contributed by atoms with E-state index in [0.717, 1.165) is 0 Å². The van der Waals surface area contributed by atoms with Crippen LogP contribution in [0.5, 0.6) is 0 Å². The predicted octanol–water partition coefficient (Wildman–Crippen LogP) is -1.16. The molecule has 1 fully saturated rings. The highest BCUT2D eigenvalue weighted by Gasteiger charge is 2.28. The van der Waals surface area contributed by atoms with E-state index in [1.165, 1.54) is 0 Å². The summed E-state index contributed by atoms with van der Waals surface area (Å²) >= 11 is 0. The molecule has 0 atom stereocenters. The maximum atomic E-state index is 9.47. The van der Waals surface area contributed by atoms with Gasteiger partial charge in [0.15, 0.2) is 0 Å². The van der Waals surface area contributed by atoms with E-state index in [1.807, 2.05) is 11.8 Å². The van der Waals surface area contributed by atoms with Crippen LogP contribution in [-0.4, -0.2) is 70.2 Å². The van der Waals surface area contributed by atoms with Gasteiger partial charge in [-0.25, -0.2) is 0 Å². The van der Waals surface area contributed by atoms with Crippen LogP contribution in [0.2, 0.25) is 0 Å². The molecule has 118 valence electrons. The molecule has 1 aromatic rings. The van der Waals surface area contributed by atoms with Crippen molar-refractivity contribution in [3.63, 3.8) is 0 Å². The Hall–Kier alpha value is -1.71. The van der Waals surface area contributed by atoms with E-state index in [2.05, 4.69) is 20.3 Å². The van der Waals surface area contributed by atoms with E-state index < -0.39 is 5.54 Å². The summed E-state index contributed by atoms with van der Waals surface area (Å²) in [5.74, 6) is 0.804. The number of aromatic nitrogens is 3. The van der Waals surface area contributed by atoms with E-state index in [0.29, 0.717) is 38.7 Å². The second-order valence-corrected chi connectivity index (χ2v) is 4.99. The summed E-state index contributed by atoms with van der Waals surface area (Å²) in [7, 11) is 0. The number of anilines is 3. The number of rotatable bonds is 6. The van der Waals surface area contributed by atoms with Crippen molar-refractivity contribution in [2.75, 3.05) is 55.5 Å². The molecule has 0 radical (unpaired) electrons. The molecule has 9 heteroatoms. The maximum Gasteiger partial charge on any atom is 0.232 e. The van der Waals surface area contributed by atoms with E-state index >= 15 is 0 Å². The topological polar surface area (TPSA) is 130 Å². The summed E-state index contributed by atoms with van der Waals surface area (Å²) in [4.78, 5) is 14.4. The van der Waals surface area contributed by atoms with Crippen LogP contribution in [0.4, 0.5) is 17.8 Å². The largest absolute Gasteiger partial charge is 0.394 e.